The molecule has 27 heteroatoms. The zero-order valence-electron chi connectivity index (χ0n) is 44.6. The molecule has 5 saturated heterocycles. The zero-order chi connectivity index (χ0) is 56.9. The number of esters is 2. The van der Waals surface area contributed by atoms with Crippen molar-refractivity contribution in [3.05, 3.63) is 35.9 Å². The Morgan fingerprint density at radius 2 is 1.48 bits per heavy atom. The Bertz CT molecular complexity index is 2340. The minimum absolute atomic E-state index is 0.00152. The number of aliphatic hydroxyl groups is 2. The van der Waals surface area contributed by atoms with Crippen LogP contribution in [-0.2, 0) is 62.9 Å². The van der Waals surface area contributed by atoms with Gasteiger partial charge in [0, 0.05) is 38.6 Å². The minimum Gasteiger partial charge on any atom is -0.458 e. The van der Waals surface area contributed by atoms with E-state index < -0.39 is 150 Å². The van der Waals surface area contributed by atoms with E-state index in [2.05, 4.69) is 26.9 Å². The molecule has 0 saturated carbocycles. The summed E-state index contributed by atoms with van der Waals surface area (Å²) in [6.07, 6.45) is -7.40. The maximum Gasteiger partial charge on any atom is 0.432 e. The van der Waals surface area contributed by atoms with Crippen molar-refractivity contribution in [1.29, 1.82) is 0 Å². The number of hydrogen-bond acceptors (Lipinski definition) is 18. The normalized spacial score (nSPS) is 32.2. The summed E-state index contributed by atoms with van der Waals surface area (Å²) < 4.78 is 67.2. The second-order valence-corrected chi connectivity index (χ2v) is 20.8. The molecule has 0 bridgehead atoms. The van der Waals surface area contributed by atoms with Crippen molar-refractivity contribution in [1.82, 2.24) is 47.0 Å². The van der Waals surface area contributed by atoms with E-state index in [1.807, 2.05) is 13.8 Å². The highest BCUT2D eigenvalue weighted by Crippen LogP contribution is 2.44. The molecule has 0 aliphatic carbocycles. The molecule has 1 aromatic rings. The van der Waals surface area contributed by atoms with E-state index in [-0.39, 0.29) is 56.2 Å². The number of rotatable bonds is 11. The molecule has 0 spiro atoms. The lowest BCUT2D eigenvalue weighted by molar-refractivity contribution is -0.328. The van der Waals surface area contributed by atoms with E-state index in [1.165, 1.54) is 39.0 Å². The maximum atomic E-state index is 15.1. The number of nitrogens with one attached hydrogen (secondary N) is 5. The first-order valence-corrected chi connectivity index (χ1v) is 26.3. The molecular weight excluding hydrogens is 1020 g/mol. The van der Waals surface area contributed by atoms with Crippen molar-refractivity contribution in [3.8, 4) is 0 Å². The summed E-state index contributed by atoms with van der Waals surface area (Å²) in [5, 5.41) is 42.9. The van der Waals surface area contributed by atoms with Crippen molar-refractivity contribution in [2.24, 2.45) is 11.8 Å². The summed E-state index contributed by atoms with van der Waals surface area (Å²) in [7, 11) is 0.669. The third kappa shape index (κ3) is 12.2. The van der Waals surface area contributed by atoms with Gasteiger partial charge in [-0.05, 0) is 77.6 Å². The van der Waals surface area contributed by atoms with Gasteiger partial charge in [0.2, 0.25) is 11.7 Å². The molecule has 1 aromatic carbocycles. The van der Waals surface area contributed by atoms with Gasteiger partial charge < -0.3 is 39.8 Å². The van der Waals surface area contributed by atoms with E-state index in [0.29, 0.717) is 20.0 Å². The van der Waals surface area contributed by atoms with Gasteiger partial charge in [0.1, 0.15) is 48.5 Å². The summed E-state index contributed by atoms with van der Waals surface area (Å²) in [6, 6.07) is -4.36. The Morgan fingerprint density at radius 3 is 2.05 bits per heavy atom. The monoisotopic (exact) mass is 1100 g/mol. The lowest BCUT2D eigenvalue weighted by Crippen LogP contribution is -2.70. The van der Waals surface area contributed by atoms with Gasteiger partial charge in [0.05, 0.1) is 12.6 Å². The first-order chi connectivity index (χ1) is 36.2. The van der Waals surface area contributed by atoms with E-state index in [4.69, 9.17) is 18.9 Å². The fraction of sp³-hybridized carbons (Fsp3) is 0.720. The number of hydrazine groups is 3. The molecular formula is C50H74F3N9O15. The van der Waals surface area contributed by atoms with E-state index in [0.717, 1.165) is 53.8 Å². The van der Waals surface area contributed by atoms with Gasteiger partial charge in [0.25, 0.3) is 35.1 Å². The molecule has 77 heavy (non-hydrogen) atoms. The molecule has 430 valence electrons. The third-order valence-corrected chi connectivity index (χ3v) is 15.3. The van der Waals surface area contributed by atoms with Crippen LogP contribution in [0.4, 0.5) is 13.2 Å². The number of amides is 6. The summed E-state index contributed by atoms with van der Waals surface area (Å²) in [5.74, 6) is -13.3. The number of fused-ring (bicyclic) bond motifs is 3. The van der Waals surface area contributed by atoms with Crippen LogP contribution in [0.15, 0.2) is 30.3 Å². The lowest BCUT2D eigenvalue weighted by atomic mass is 9.80. The van der Waals surface area contributed by atoms with E-state index >= 15 is 4.79 Å². The van der Waals surface area contributed by atoms with Gasteiger partial charge in [-0.2, -0.15) is 13.2 Å². The average molecular weight is 1100 g/mol. The molecule has 6 amide bonds. The summed E-state index contributed by atoms with van der Waals surface area (Å²) in [6.45, 7) is 9.77. The fourth-order valence-corrected chi connectivity index (χ4v) is 10.7. The Labute approximate surface area is 444 Å². The standard InChI is InChI=1S/C50H74F3N9O15/c1-9-16-30-21-22-48(72,77-36(30)10-2)47(7,71)45(69)58-37-38(27(3)4)76-44(68)28(5)57-39(63)35-25-32(75-46(70)49(74-8,50(51,52)53)31-17-12-11-13-18-31)26-56-61(35)41(65)33-19-14-23-54-59(33)40(64)29(6)62(73)42(66)34-20-15-24-55-60(34)43(37)67/h11-13,17-18,27-30,32-38,54-56,71-73H,9-10,14-16,19-26H2,1-8H3,(H,57,63)(H,58,69)/t28-,29-,30-,32-,33+,34+,35-,36+,37-,38-,47+,48+,49-/m0/s1. The van der Waals surface area contributed by atoms with Crippen molar-refractivity contribution in [2.75, 3.05) is 26.7 Å². The number of benzene rings is 1. The largest absolute Gasteiger partial charge is 0.458 e. The smallest absolute Gasteiger partial charge is 0.432 e. The van der Waals surface area contributed by atoms with Gasteiger partial charge in [0.15, 0.2) is 5.60 Å². The molecule has 5 aliphatic rings. The molecule has 5 aliphatic heterocycles. The van der Waals surface area contributed by atoms with Crippen LogP contribution >= 0.6 is 0 Å². The number of hydrogen-bond donors (Lipinski definition) is 8. The second-order valence-electron chi connectivity index (χ2n) is 20.8. The maximum absolute atomic E-state index is 15.1. The second kappa shape index (κ2) is 24.6. The highest BCUT2D eigenvalue weighted by atomic mass is 19.4. The number of halogens is 3. The van der Waals surface area contributed by atoms with Crippen molar-refractivity contribution in [3.63, 3.8) is 0 Å². The first kappa shape index (κ1) is 60.7. The summed E-state index contributed by atoms with van der Waals surface area (Å²) in [4.78, 5) is 116. The predicted octanol–water partition coefficient (Wildman–Crippen LogP) is 0.721. The Kier molecular flexibility index (Phi) is 19.4. The van der Waals surface area contributed by atoms with Crippen molar-refractivity contribution < 1.29 is 85.9 Å². The van der Waals surface area contributed by atoms with Gasteiger partial charge in [-0.15, -0.1) is 0 Å². The number of nitrogens with zero attached hydrogens (tertiary/aromatic N) is 4. The van der Waals surface area contributed by atoms with Crippen molar-refractivity contribution >= 4 is 47.4 Å². The van der Waals surface area contributed by atoms with Crippen LogP contribution < -0.4 is 26.9 Å². The fourth-order valence-electron chi connectivity index (χ4n) is 10.7. The molecule has 13 atom stereocenters. The van der Waals surface area contributed by atoms with Crippen LogP contribution in [-0.4, -0.2) is 182 Å². The predicted molar refractivity (Wildman–Crippen MR) is 261 cm³/mol. The quantitative estimate of drug-likeness (QED) is 0.112. The minimum atomic E-state index is -5.38. The summed E-state index contributed by atoms with van der Waals surface area (Å²) in [5.41, 5.74) is 1.23. The van der Waals surface area contributed by atoms with Gasteiger partial charge in [-0.1, -0.05) is 64.4 Å². The van der Waals surface area contributed by atoms with Crippen LogP contribution in [0.2, 0.25) is 0 Å². The van der Waals surface area contributed by atoms with Crippen LogP contribution in [0, 0.1) is 11.8 Å². The Hall–Kier alpha value is -5.55. The van der Waals surface area contributed by atoms with Crippen molar-refractivity contribution in [2.45, 2.75) is 190 Å². The zero-order valence-corrected chi connectivity index (χ0v) is 44.6. The SMILES string of the molecule is CCC[C@H]1CC[C@](O)([C@](C)(O)C(=O)N[C@@H]2C(=O)N3NCCC[C@@H]3C(=O)N(O)[C@@H](C)C(=O)N3NCCC[C@@H]3C(=O)N3NC[C@@H](OC(=O)[C@@](OC)(c4ccccc4)C(F)(F)F)C[C@H]3C(=O)N[C@@H](C)C(=O)O[C@H]2C(C)C)O[C@@H]1CC. The number of methoxy groups -OCH3 is 1. The average Bonchev–Trinajstić information content (AvgIpc) is 3.41. The Morgan fingerprint density at radius 1 is 0.883 bits per heavy atom. The third-order valence-electron chi connectivity index (χ3n) is 15.3. The first-order valence-electron chi connectivity index (χ1n) is 26.3. The van der Waals surface area contributed by atoms with Crippen LogP contribution in [0.3, 0.4) is 0 Å². The highest BCUT2D eigenvalue weighted by molar-refractivity contribution is 5.97. The number of cyclic esters (lactones) is 1. The molecule has 24 nitrogen and oxygen atoms in total. The molecule has 0 unspecified atom stereocenters. The van der Waals surface area contributed by atoms with Crippen LogP contribution in [0.5, 0.6) is 0 Å². The molecule has 5 fully saturated rings. The molecule has 5 heterocycles. The topological polar surface area (TPSA) is 307 Å². The lowest BCUT2D eigenvalue weighted by Gasteiger charge is -2.48. The van der Waals surface area contributed by atoms with Gasteiger partial charge >= 0.3 is 18.1 Å². The highest BCUT2D eigenvalue weighted by Gasteiger charge is 2.65. The van der Waals surface area contributed by atoms with Gasteiger partial charge in [-0.25, -0.2) is 30.9 Å². The van der Waals surface area contributed by atoms with Crippen LogP contribution in [0.1, 0.15) is 118 Å². The van der Waals surface area contributed by atoms with Crippen LogP contribution in [0.25, 0.3) is 0 Å². The molecule has 6 rings (SSSR count). The molecule has 0 radical (unpaired) electrons. The summed E-state index contributed by atoms with van der Waals surface area (Å²) >= 11 is 0. The van der Waals surface area contributed by atoms with E-state index in [9.17, 15) is 62.2 Å². The number of carbonyl (C=O) groups is 8. The number of ether oxygens (including phenoxy) is 4. The number of carbonyl (C=O) groups excluding carboxylic acids is 8. The number of hydroxylamine groups is 2. The Balaban J connectivity index is 1.39. The van der Waals surface area contributed by atoms with E-state index in [1.54, 1.807) is 0 Å². The molecule has 8 N–H and O–H groups in total. The van der Waals surface area contributed by atoms with Gasteiger partial charge in [-0.3, -0.25) is 49.0 Å². The number of alkyl halides is 3. The molecule has 0 aromatic heterocycles.